The molecule has 0 saturated heterocycles. The van der Waals surface area contributed by atoms with Crippen molar-refractivity contribution in [2.75, 3.05) is 12.5 Å². The number of methoxy groups -OCH3 is 1. The molecular formula is C8H11N7O. The van der Waals surface area contributed by atoms with Crippen LogP contribution in [0.4, 0.5) is 5.82 Å². The van der Waals surface area contributed by atoms with Crippen LogP contribution in [0.3, 0.4) is 0 Å². The highest BCUT2D eigenvalue weighted by Gasteiger charge is 2.05. The number of aromatic nitrogens is 5. The van der Waals surface area contributed by atoms with Crippen molar-refractivity contribution in [1.29, 1.82) is 0 Å². The Morgan fingerprint density at radius 3 is 3.00 bits per heavy atom. The summed E-state index contributed by atoms with van der Waals surface area (Å²) >= 11 is 0. The van der Waals surface area contributed by atoms with Gasteiger partial charge >= 0.3 is 0 Å². The number of nitrogens with two attached hydrogens (primary N) is 1. The van der Waals surface area contributed by atoms with E-state index in [9.17, 15) is 0 Å². The lowest BCUT2D eigenvalue weighted by atomic mass is 10.5. The first kappa shape index (κ1) is 10.5. The van der Waals surface area contributed by atoms with Gasteiger partial charge in [0.25, 0.3) is 0 Å². The molecule has 0 bridgehead atoms. The van der Waals surface area contributed by atoms with Crippen molar-refractivity contribution in [1.82, 2.24) is 24.7 Å². The smallest absolute Gasteiger partial charge is 0.161 e. The number of nitrogen functional groups attached to an aromatic ring is 1. The standard InChI is InChI=1S/C8H11N7O/c1-16-3-7-12-6(14-9)2-8(13-7)15-5-10-4-11-15/h2,4-5H,3,9H2,1H3,(H,12,13,14). The molecule has 0 radical (unpaired) electrons. The lowest BCUT2D eigenvalue weighted by Crippen LogP contribution is -2.13. The minimum atomic E-state index is 0.303. The van der Waals surface area contributed by atoms with Gasteiger partial charge in [-0.2, -0.15) is 5.10 Å². The zero-order valence-electron chi connectivity index (χ0n) is 8.66. The molecule has 0 aliphatic heterocycles. The molecule has 2 rings (SSSR count). The van der Waals surface area contributed by atoms with Crippen molar-refractivity contribution in [3.8, 4) is 5.82 Å². The molecule has 0 spiro atoms. The zero-order chi connectivity index (χ0) is 11.4. The fraction of sp³-hybridized carbons (Fsp3) is 0.250. The fourth-order valence-corrected chi connectivity index (χ4v) is 1.19. The van der Waals surface area contributed by atoms with Crippen LogP contribution in [0.25, 0.3) is 5.82 Å². The maximum Gasteiger partial charge on any atom is 0.161 e. The Morgan fingerprint density at radius 2 is 2.38 bits per heavy atom. The summed E-state index contributed by atoms with van der Waals surface area (Å²) in [5.41, 5.74) is 2.46. The van der Waals surface area contributed by atoms with Gasteiger partial charge in [0, 0.05) is 13.2 Å². The second-order valence-electron chi connectivity index (χ2n) is 2.95. The number of nitrogens with zero attached hydrogens (tertiary/aromatic N) is 5. The second-order valence-corrected chi connectivity index (χ2v) is 2.95. The maximum absolute atomic E-state index is 5.31. The Bertz CT molecular complexity index is 455. The first-order valence-corrected chi connectivity index (χ1v) is 4.52. The van der Waals surface area contributed by atoms with Gasteiger partial charge in [-0.1, -0.05) is 0 Å². The van der Waals surface area contributed by atoms with Gasteiger partial charge in [-0.05, 0) is 0 Å². The van der Waals surface area contributed by atoms with Gasteiger partial charge in [-0.3, -0.25) is 0 Å². The van der Waals surface area contributed by atoms with Crippen LogP contribution in [0.5, 0.6) is 0 Å². The lowest BCUT2D eigenvalue weighted by molar-refractivity contribution is 0.178. The third kappa shape index (κ3) is 2.12. The average Bonchev–Trinajstić information content (AvgIpc) is 2.82. The highest BCUT2D eigenvalue weighted by molar-refractivity contribution is 5.39. The van der Waals surface area contributed by atoms with E-state index in [2.05, 4.69) is 25.5 Å². The number of nitrogens with one attached hydrogen (secondary N) is 1. The molecule has 0 amide bonds. The van der Waals surface area contributed by atoms with E-state index in [0.29, 0.717) is 24.1 Å². The molecule has 84 valence electrons. The molecule has 2 heterocycles. The van der Waals surface area contributed by atoms with Crippen molar-refractivity contribution >= 4 is 5.82 Å². The van der Waals surface area contributed by atoms with Crippen molar-refractivity contribution in [3.63, 3.8) is 0 Å². The van der Waals surface area contributed by atoms with Crippen LogP contribution in [-0.4, -0.2) is 31.8 Å². The van der Waals surface area contributed by atoms with E-state index in [1.54, 1.807) is 19.5 Å². The van der Waals surface area contributed by atoms with E-state index in [4.69, 9.17) is 10.6 Å². The van der Waals surface area contributed by atoms with Crippen LogP contribution in [0.2, 0.25) is 0 Å². The summed E-state index contributed by atoms with van der Waals surface area (Å²) in [6.07, 6.45) is 2.97. The molecule has 0 fully saturated rings. The van der Waals surface area contributed by atoms with Gasteiger partial charge in [0.05, 0.1) is 0 Å². The molecule has 0 saturated carbocycles. The third-order valence-corrected chi connectivity index (χ3v) is 1.83. The average molecular weight is 221 g/mol. The van der Waals surface area contributed by atoms with Gasteiger partial charge in [0.15, 0.2) is 11.6 Å². The van der Waals surface area contributed by atoms with Crippen molar-refractivity contribution < 1.29 is 4.74 Å². The van der Waals surface area contributed by atoms with Crippen LogP contribution in [0, 0.1) is 0 Å². The predicted molar refractivity (Wildman–Crippen MR) is 55.5 cm³/mol. The van der Waals surface area contributed by atoms with Gasteiger partial charge < -0.3 is 10.2 Å². The van der Waals surface area contributed by atoms with E-state index in [-0.39, 0.29) is 0 Å². The first-order chi connectivity index (χ1) is 7.83. The molecular weight excluding hydrogens is 210 g/mol. The predicted octanol–water partition coefficient (Wildman–Crippen LogP) is -0.511. The molecule has 0 aliphatic rings. The minimum absolute atomic E-state index is 0.303. The summed E-state index contributed by atoms with van der Waals surface area (Å²) in [7, 11) is 1.57. The molecule has 0 aliphatic carbocycles. The largest absolute Gasteiger partial charge is 0.377 e. The molecule has 8 nitrogen and oxygen atoms in total. The Balaban J connectivity index is 2.41. The van der Waals surface area contributed by atoms with E-state index < -0.39 is 0 Å². The Hall–Kier alpha value is -2.06. The van der Waals surface area contributed by atoms with Crippen molar-refractivity contribution in [3.05, 3.63) is 24.5 Å². The minimum Gasteiger partial charge on any atom is -0.377 e. The van der Waals surface area contributed by atoms with Gasteiger partial charge in [0.1, 0.15) is 25.1 Å². The van der Waals surface area contributed by atoms with E-state index in [0.717, 1.165) is 0 Å². The number of anilines is 1. The molecule has 2 aromatic rings. The number of hydrazine groups is 1. The normalized spacial score (nSPS) is 10.4. The third-order valence-electron chi connectivity index (χ3n) is 1.83. The monoisotopic (exact) mass is 221 g/mol. The van der Waals surface area contributed by atoms with Crippen LogP contribution in [0.15, 0.2) is 18.7 Å². The van der Waals surface area contributed by atoms with E-state index >= 15 is 0 Å². The lowest BCUT2D eigenvalue weighted by Gasteiger charge is -2.06. The SMILES string of the molecule is COCc1nc(NN)cc(-n2cncn2)n1. The van der Waals surface area contributed by atoms with E-state index in [1.165, 1.54) is 11.0 Å². The second kappa shape index (κ2) is 4.64. The molecule has 8 heteroatoms. The van der Waals surface area contributed by atoms with Crippen LogP contribution in [0.1, 0.15) is 5.82 Å². The van der Waals surface area contributed by atoms with Crippen LogP contribution >= 0.6 is 0 Å². The summed E-state index contributed by atoms with van der Waals surface area (Å²) in [5, 5.41) is 3.97. The summed E-state index contributed by atoms with van der Waals surface area (Å²) in [6, 6.07) is 1.66. The first-order valence-electron chi connectivity index (χ1n) is 4.52. The highest BCUT2D eigenvalue weighted by Crippen LogP contribution is 2.09. The number of rotatable bonds is 4. The molecule has 16 heavy (non-hydrogen) atoms. The van der Waals surface area contributed by atoms with Crippen molar-refractivity contribution in [2.45, 2.75) is 6.61 Å². The van der Waals surface area contributed by atoms with Gasteiger partial charge in [-0.15, -0.1) is 0 Å². The highest BCUT2D eigenvalue weighted by atomic mass is 16.5. The topological polar surface area (TPSA) is 104 Å². The van der Waals surface area contributed by atoms with E-state index in [1.807, 2.05) is 0 Å². The summed E-state index contributed by atoms with van der Waals surface area (Å²) < 4.78 is 6.48. The van der Waals surface area contributed by atoms with Gasteiger partial charge in [-0.25, -0.2) is 25.5 Å². The Morgan fingerprint density at radius 1 is 1.50 bits per heavy atom. The molecule has 0 aromatic carbocycles. The van der Waals surface area contributed by atoms with Gasteiger partial charge in [0.2, 0.25) is 0 Å². The van der Waals surface area contributed by atoms with Crippen LogP contribution in [-0.2, 0) is 11.3 Å². The number of hydrogen-bond acceptors (Lipinski definition) is 7. The van der Waals surface area contributed by atoms with Crippen LogP contribution < -0.4 is 11.3 Å². The Kier molecular flexibility index (Phi) is 3.03. The summed E-state index contributed by atoms with van der Waals surface area (Å²) in [4.78, 5) is 12.2. The summed E-state index contributed by atoms with van der Waals surface area (Å²) in [6.45, 7) is 0.303. The molecule has 0 atom stereocenters. The quantitative estimate of drug-likeness (QED) is 0.529. The molecule has 2 aromatic heterocycles. The maximum atomic E-state index is 5.31. The van der Waals surface area contributed by atoms with Crippen molar-refractivity contribution in [2.24, 2.45) is 5.84 Å². The Labute approximate surface area is 91.5 Å². The summed E-state index contributed by atoms with van der Waals surface area (Å²) in [5.74, 6) is 6.90. The number of ether oxygens (including phenoxy) is 1. The zero-order valence-corrected chi connectivity index (χ0v) is 8.66. The molecule has 3 N–H and O–H groups in total. The fourth-order valence-electron chi connectivity index (χ4n) is 1.19. The molecule has 0 unspecified atom stereocenters. The number of hydrogen-bond donors (Lipinski definition) is 2.